The van der Waals surface area contributed by atoms with Gasteiger partial charge in [0.1, 0.15) is 0 Å². The SMILES string of the molecule is CCCNC(C)CCCOc1c(F)c(F)cc(F)c1F. The van der Waals surface area contributed by atoms with Gasteiger partial charge in [0.25, 0.3) is 0 Å². The van der Waals surface area contributed by atoms with Gasteiger partial charge >= 0.3 is 0 Å². The molecule has 1 atom stereocenters. The lowest BCUT2D eigenvalue weighted by Crippen LogP contribution is -2.27. The van der Waals surface area contributed by atoms with Gasteiger partial charge in [-0.15, -0.1) is 0 Å². The first kappa shape index (κ1) is 16.8. The maximum absolute atomic E-state index is 13.3. The number of nitrogens with one attached hydrogen (secondary N) is 1. The summed E-state index contributed by atoms with van der Waals surface area (Å²) in [6.45, 7) is 4.92. The lowest BCUT2D eigenvalue weighted by Gasteiger charge is -2.14. The smallest absolute Gasteiger partial charge is 0.203 e. The summed E-state index contributed by atoms with van der Waals surface area (Å²) < 4.78 is 57.2. The predicted molar refractivity (Wildman–Crippen MR) is 68.8 cm³/mol. The van der Waals surface area contributed by atoms with Crippen molar-refractivity contribution < 1.29 is 22.3 Å². The summed E-state index contributed by atoms with van der Waals surface area (Å²) in [6.07, 6.45) is 2.27. The van der Waals surface area contributed by atoms with E-state index >= 15 is 0 Å². The Morgan fingerprint density at radius 2 is 1.75 bits per heavy atom. The molecule has 0 bridgehead atoms. The summed E-state index contributed by atoms with van der Waals surface area (Å²) in [6, 6.07) is 0.409. The summed E-state index contributed by atoms with van der Waals surface area (Å²) in [5, 5.41) is 3.25. The average molecular weight is 293 g/mol. The van der Waals surface area contributed by atoms with Crippen LogP contribution in [0.1, 0.15) is 33.1 Å². The third-order valence-electron chi connectivity index (χ3n) is 2.84. The summed E-state index contributed by atoms with van der Waals surface area (Å²) in [4.78, 5) is 0. The van der Waals surface area contributed by atoms with Crippen LogP contribution in [-0.4, -0.2) is 19.2 Å². The maximum atomic E-state index is 13.3. The molecule has 0 aliphatic rings. The Morgan fingerprint density at radius 3 is 2.30 bits per heavy atom. The van der Waals surface area contributed by atoms with Crippen LogP contribution in [0.2, 0.25) is 0 Å². The number of benzene rings is 1. The minimum absolute atomic E-state index is 0.00508. The van der Waals surface area contributed by atoms with Crippen LogP contribution in [0.25, 0.3) is 0 Å². The Hall–Kier alpha value is -1.30. The van der Waals surface area contributed by atoms with Crippen molar-refractivity contribution in [1.29, 1.82) is 0 Å². The molecule has 0 saturated carbocycles. The van der Waals surface area contributed by atoms with Gasteiger partial charge in [-0.3, -0.25) is 0 Å². The lowest BCUT2D eigenvalue weighted by molar-refractivity contribution is 0.260. The second-order valence-corrected chi connectivity index (χ2v) is 4.64. The van der Waals surface area contributed by atoms with E-state index in [1.807, 2.05) is 13.8 Å². The molecule has 114 valence electrons. The molecule has 0 heterocycles. The largest absolute Gasteiger partial charge is 0.487 e. The van der Waals surface area contributed by atoms with E-state index in [1.165, 1.54) is 0 Å². The van der Waals surface area contributed by atoms with Gasteiger partial charge in [-0.1, -0.05) is 6.92 Å². The fourth-order valence-electron chi connectivity index (χ4n) is 1.73. The zero-order valence-electron chi connectivity index (χ0n) is 11.6. The number of hydrogen-bond donors (Lipinski definition) is 1. The Bertz CT molecular complexity index is 413. The monoisotopic (exact) mass is 293 g/mol. The molecule has 0 spiro atoms. The average Bonchev–Trinajstić information content (AvgIpc) is 2.42. The molecule has 1 rings (SSSR count). The van der Waals surface area contributed by atoms with E-state index in [9.17, 15) is 17.6 Å². The van der Waals surface area contributed by atoms with Crippen molar-refractivity contribution in [3.8, 4) is 5.75 Å². The number of hydrogen-bond acceptors (Lipinski definition) is 2. The van der Waals surface area contributed by atoms with Gasteiger partial charge in [-0.25, -0.2) is 8.78 Å². The van der Waals surface area contributed by atoms with E-state index in [4.69, 9.17) is 4.74 Å². The zero-order valence-corrected chi connectivity index (χ0v) is 11.6. The highest BCUT2D eigenvalue weighted by Crippen LogP contribution is 2.26. The molecule has 0 radical (unpaired) electrons. The quantitative estimate of drug-likeness (QED) is 0.447. The summed E-state index contributed by atoms with van der Waals surface area (Å²) in [5.41, 5.74) is 0. The van der Waals surface area contributed by atoms with Crippen molar-refractivity contribution in [3.05, 3.63) is 29.3 Å². The van der Waals surface area contributed by atoms with Crippen LogP contribution in [-0.2, 0) is 0 Å². The molecule has 6 heteroatoms. The molecule has 0 amide bonds. The molecule has 0 aliphatic heterocycles. The highest BCUT2D eigenvalue weighted by molar-refractivity contribution is 5.28. The third kappa shape index (κ3) is 4.67. The Labute approximate surface area is 116 Å². The van der Waals surface area contributed by atoms with Crippen LogP contribution in [0.5, 0.6) is 5.75 Å². The third-order valence-corrected chi connectivity index (χ3v) is 2.84. The summed E-state index contributed by atoms with van der Waals surface area (Å²) >= 11 is 0. The molecular weight excluding hydrogens is 274 g/mol. The first-order chi connectivity index (χ1) is 9.47. The summed E-state index contributed by atoms with van der Waals surface area (Å²) in [7, 11) is 0. The van der Waals surface area contributed by atoms with Crippen LogP contribution >= 0.6 is 0 Å². The number of halogens is 4. The van der Waals surface area contributed by atoms with Crippen molar-refractivity contribution in [3.63, 3.8) is 0 Å². The van der Waals surface area contributed by atoms with E-state index in [1.54, 1.807) is 0 Å². The van der Waals surface area contributed by atoms with Gasteiger partial charge < -0.3 is 10.1 Å². The normalized spacial score (nSPS) is 12.5. The van der Waals surface area contributed by atoms with Crippen LogP contribution in [0.3, 0.4) is 0 Å². The molecule has 0 aromatic heterocycles. The fraction of sp³-hybridized carbons (Fsp3) is 0.571. The van der Waals surface area contributed by atoms with Crippen molar-refractivity contribution in [2.75, 3.05) is 13.2 Å². The van der Waals surface area contributed by atoms with Crippen molar-refractivity contribution in [2.45, 2.75) is 39.2 Å². The molecular formula is C14H19F4NO. The lowest BCUT2D eigenvalue weighted by atomic mass is 10.2. The second kappa shape index (κ2) is 8.09. The molecule has 2 nitrogen and oxygen atoms in total. The van der Waals surface area contributed by atoms with Crippen LogP contribution < -0.4 is 10.1 Å². The highest BCUT2D eigenvalue weighted by atomic mass is 19.2. The van der Waals surface area contributed by atoms with Gasteiger partial charge in [0, 0.05) is 12.1 Å². The minimum Gasteiger partial charge on any atom is -0.487 e. The highest BCUT2D eigenvalue weighted by Gasteiger charge is 2.20. The topological polar surface area (TPSA) is 21.3 Å². The van der Waals surface area contributed by atoms with Crippen LogP contribution in [0, 0.1) is 23.3 Å². The molecule has 1 unspecified atom stereocenters. The Kier molecular flexibility index (Phi) is 6.78. The van der Waals surface area contributed by atoms with Gasteiger partial charge in [-0.2, -0.15) is 8.78 Å². The maximum Gasteiger partial charge on any atom is 0.203 e. The van der Waals surface area contributed by atoms with Gasteiger partial charge in [0.2, 0.25) is 11.6 Å². The molecule has 1 N–H and O–H groups in total. The molecule has 1 aromatic rings. The van der Waals surface area contributed by atoms with E-state index < -0.39 is 29.0 Å². The van der Waals surface area contributed by atoms with E-state index in [0.29, 0.717) is 6.42 Å². The van der Waals surface area contributed by atoms with Gasteiger partial charge in [0.15, 0.2) is 17.4 Å². The van der Waals surface area contributed by atoms with Crippen LogP contribution in [0.4, 0.5) is 17.6 Å². The molecule has 0 aliphatic carbocycles. The fourth-order valence-corrected chi connectivity index (χ4v) is 1.73. The summed E-state index contributed by atoms with van der Waals surface area (Å²) in [5.74, 6) is -6.91. The Balaban J connectivity index is 2.47. The first-order valence-electron chi connectivity index (χ1n) is 6.66. The van der Waals surface area contributed by atoms with Crippen molar-refractivity contribution >= 4 is 0 Å². The molecule has 0 fully saturated rings. The number of ether oxygens (including phenoxy) is 1. The van der Waals surface area contributed by atoms with Gasteiger partial charge in [0.05, 0.1) is 6.61 Å². The van der Waals surface area contributed by atoms with E-state index in [2.05, 4.69) is 5.32 Å². The minimum atomic E-state index is -1.50. The number of rotatable bonds is 8. The second-order valence-electron chi connectivity index (χ2n) is 4.64. The first-order valence-corrected chi connectivity index (χ1v) is 6.66. The standard InChI is InChI=1S/C14H19F4NO/c1-3-6-19-9(2)5-4-7-20-14-12(17)10(15)8-11(16)13(14)18/h8-9,19H,3-7H2,1-2H3. The van der Waals surface area contributed by atoms with Gasteiger partial charge in [-0.05, 0) is 32.7 Å². The van der Waals surface area contributed by atoms with E-state index in [-0.39, 0.29) is 18.7 Å². The van der Waals surface area contributed by atoms with E-state index in [0.717, 1.165) is 19.4 Å². The molecule has 20 heavy (non-hydrogen) atoms. The zero-order chi connectivity index (χ0) is 15.1. The van der Waals surface area contributed by atoms with Crippen molar-refractivity contribution in [1.82, 2.24) is 5.32 Å². The van der Waals surface area contributed by atoms with Crippen LogP contribution in [0.15, 0.2) is 6.07 Å². The van der Waals surface area contributed by atoms with Crippen molar-refractivity contribution in [2.24, 2.45) is 0 Å². The molecule has 0 saturated heterocycles. The Morgan fingerprint density at radius 1 is 1.15 bits per heavy atom. The predicted octanol–water partition coefficient (Wildman–Crippen LogP) is 3.79. The molecule has 1 aromatic carbocycles.